The summed E-state index contributed by atoms with van der Waals surface area (Å²) in [6, 6.07) is 4.11. The zero-order valence-corrected chi connectivity index (χ0v) is 9.40. The third-order valence-corrected chi connectivity index (χ3v) is 2.09. The number of nitrogens with two attached hydrogens (primary N) is 1. The third kappa shape index (κ3) is 4.95. The van der Waals surface area contributed by atoms with Gasteiger partial charge in [-0.15, -0.1) is 0 Å². The number of benzene rings is 1. The van der Waals surface area contributed by atoms with Gasteiger partial charge in [0.15, 0.2) is 0 Å². The normalized spacial score (nSPS) is 11.3. The molecule has 3 N–H and O–H groups in total. The molecular formula is C10H10ClF3N2O. The Balaban J connectivity index is 2.58. The first-order valence-electron chi connectivity index (χ1n) is 4.69. The van der Waals surface area contributed by atoms with Crippen molar-refractivity contribution in [2.75, 3.05) is 12.3 Å². The molecule has 0 aromatic heterocycles. The fourth-order valence-electron chi connectivity index (χ4n) is 1.16. The molecule has 17 heavy (non-hydrogen) atoms. The topological polar surface area (TPSA) is 55.1 Å². The van der Waals surface area contributed by atoms with Crippen molar-refractivity contribution in [2.24, 2.45) is 0 Å². The first-order valence-corrected chi connectivity index (χ1v) is 5.07. The Morgan fingerprint density at radius 2 is 2.00 bits per heavy atom. The van der Waals surface area contributed by atoms with Crippen molar-refractivity contribution >= 4 is 23.2 Å². The Morgan fingerprint density at radius 1 is 1.35 bits per heavy atom. The summed E-state index contributed by atoms with van der Waals surface area (Å²) >= 11 is 5.66. The van der Waals surface area contributed by atoms with E-state index in [9.17, 15) is 18.0 Å². The van der Waals surface area contributed by atoms with Gasteiger partial charge in [-0.2, -0.15) is 13.2 Å². The molecule has 0 heterocycles. The second-order valence-corrected chi connectivity index (χ2v) is 3.83. The van der Waals surface area contributed by atoms with Crippen LogP contribution in [0.25, 0.3) is 0 Å². The highest BCUT2D eigenvalue weighted by atomic mass is 35.5. The van der Waals surface area contributed by atoms with Crippen LogP contribution in [0.1, 0.15) is 16.8 Å². The second kappa shape index (κ2) is 5.27. The molecule has 0 aliphatic rings. The fourth-order valence-corrected chi connectivity index (χ4v) is 1.41. The van der Waals surface area contributed by atoms with E-state index < -0.39 is 25.0 Å². The number of nitrogens with one attached hydrogen (secondary N) is 1. The molecule has 0 aliphatic heterocycles. The number of anilines is 1. The monoisotopic (exact) mass is 266 g/mol. The largest absolute Gasteiger partial charge is 0.399 e. The highest BCUT2D eigenvalue weighted by Gasteiger charge is 2.26. The van der Waals surface area contributed by atoms with E-state index in [2.05, 4.69) is 5.32 Å². The lowest BCUT2D eigenvalue weighted by Gasteiger charge is -2.08. The van der Waals surface area contributed by atoms with Gasteiger partial charge in [0.2, 0.25) is 0 Å². The van der Waals surface area contributed by atoms with E-state index in [0.717, 1.165) is 0 Å². The molecule has 0 unspecified atom stereocenters. The third-order valence-electron chi connectivity index (χ3n) is 1.88. The SMILES string of the molecule is Nc1cc(Cl)cc(C(=O)NCCC(F)(F)F)c1. The maximum atomic E-state index is 11.8. The quantitative estimate of drug-likeness (QED) is 0.826. The van der Waals surface area contributed by atoms with Gasteiger partial charge in [-0.3, -0.25) is 4.79 Å². The molecule has 1 aromatic carbocycles. The average molecular weight is 267 g/mol. The van der Waals surface area contributed by atoms with Crippen LogP contribution in [0.15, 0.2) is 18.2 Å². The van der Waals surface area contributed by atoms with Crippen LogP contribution in [0.2, 0.25) is 5.02 Å². The zero-order chi connectivity index (χ0) is 13.1. The molecule has 1 rings (SSSR count). The van der Waals surface area contributed by atoms with Crippen molar-refractivity contribution in [3.63, 3.8) is 0 Å². The minimum atomic E-state index is -4.29. The van der Waals surface area contributed by atoms with Crippen molar-refractivity contribution in [1.29, 1.82) is 0 Å². The highest BCUT2D eigenvalue weighted by Crippen LogP contribution is 2.19. The minimum Gasteiger partial charge on any atom is -0.399 e. The molecule has 0 radical (unpaired) electrons. The Morgan fingerprint density at radius 3 is 2.53 bits per heavy atom. The summed E-state index contributed by atoms with van der Waals surface area (Å²) in [5.74, 6) is -0.636. The summed E-state index contributed by atoms with van der Waals surface area (Å²) in [4.78, 5) is 11.4. The van der Waals surface area contributed by atoms with Gasteiger partial charge in [0.1, 0.15) is 0 Å². The van der Waals surface area contributed by atoms with Crippen molar-refractivity contribution in [3.8, 4) is 0 Å². The highest BCUT2D eigenvalue weighted by molar-refractivity contribution is 6.31. The lowest BCUT2D eigenvalue weighted by molar-refractivity contribution is -0.132. The molecule has 94 valence electrons. The van der Waals surface area contributed by atoms with Gasteiger partial charge in [0, 0.05) is 22.8 Å². The fraction of sp³-hybridized carbons (Fsp3) is 0.300. The van der Waals surface area contributed by atoms with E-state index in [1.165, 1.54) is 18.2 Å². The molecule has 0 spiro atoms. The summed E-state index contributed by atoms with van der Waals surface area (Å²) in [5.41, 5.74) is 5.86. The van der Waals surface area contributed by atoms with E-state index in [1.807, 2.05) is 0 Å². The number of rotatable bonds is 3. The minimum absolute atomic E-state index is 0.136. The van der Waals surface area contributed by atoms with Crippen LogP contribution in [0, 0.1) is 0 Å². The number of hydrogen-bond donors (Lipinski definition) is 2. The summed E-state index contributed by atoms with van der Waals surface area (Å²) in [5, 5.41) is 2.39. The van der Waals surface area contributed by atoms with E-state index in [1.54, 1.807) is 0 Å². The van der Waals surface area contributed by atoms with Gasteiger partial charge in [0.05, 0.1) is 6.42 Å². The number of alkyl halides is 3. The van der Waals surface area contributed by atoms with E-state index >= 15 is 0 Å². The average Bonchev–Trinajstić information content (AvgIpc) is 2.13. The molecule has 7 heteroatoms. The molecule has 1 amide bonds. The van der Waals surface area contributed by atoms with Crippen molar-refractivity contribution in [3.05, 3.63) is 28.8 Å². The van der Waals surface area contributed by atoms with E-state index in [-0.39, 0.29) is 16.3 Å². The number of hydrogen-bond acceptors (Lipinski definition) is 2. The summed E-state index contributed by atoms with van der Waals surface area (Å²) in [6.45, 7) is -0.477. The molecule has 0 atom stereocenters. The molecule has 0 fully saturated rings. The number of nitrogen functional groups attached to an aromatic ring is 1. The molecule has 1 aromatic rings. The molecule has 0 bridgehead atoms. The zero-order valence-electron chi connectivity index (χ0n) is 8.64. The van der Waals surface area contributed by atoms with Gasteiger partial charge >= 0.3 is 6.18 Å². The van der Waals surface area contributed by atoms with E-state index in [0.29, 0.717) is 0 Å². The van der Waals surface area contributed by atoms with Crippen LogP contribution >= 0.6 is 11.6 Å². The van der Waals surface area contributed by atoms with Crippen LogP contribution in [0.4, 0.5) is 18.9 Å². The smallest absolute Gasteiger partial charge is 0.390 e. The van der Waals surface area contributed by atoms with Crippen LogP contribution in [-0.4, -0.2) is 18.6 Å². The Kier molecular flexibility index (Phi) is 4.22. The number of carbonyl (C=O) groups is 1. The lowest BCUT2D eigenvalue weighted by Crippen LogP contribution is -2.27. The molecular weight excluding hydrogens is 257 g/mol. The van der Waals surface area contributed by atoms with E-state index in [4.69, 9.17) is 17.3 Å². The van der Waals surface area contributed by atoms with Gasteiger partial charge in [-0.1, -0.05) is 11.6 Å². The lowest BCUT2D eigenvalue weighted by atomic mass is 10.2. The van der Waals surface area contributed by atoms with Crippen LogP contribution in [0.3, 0.4) is 0 Å². The number of amides is 1. The first kappa shape index (κ1) is 13.6. The molecule has 0 aliphatic carbocycles. The van der Waals surface area contributed by atoms with Crippen molar-refractivity contribution in [1.82, 2.24) is 5.32 Å². The van der Waals surface area contributed by atoms with Gasteiger partial charge in [0.25, 0.3) is 5.91 Å². The van der Waals surface area contributed by atoms with Gasteiger partial charge in [-0.05, 0) is 18.2 Å². The number of halogens is 4. The first-order chi connectivity index (χ1) is 7.78. The van der Waals surface area contributed by atoms with Crippen LogP contribution in [-0.2, 0) is 0 Å². The second-order valence-electron chi connectivity index (χ2n) is 3.39. The summed E-state index contributed by atoms with van der Waals surface area (Å²) in [7, 11) is 0. The summed E-state index contributed by atoms with van der Waals surface area (Å²) < 4.78 is 35.5. The van der Waals surface area contributed by atoms with Gasteiger partial charge < -0.3 is 11.1 Å². The summed E-state index contributed by atoms with van der Waals surface area (Å²) in [6.07, 6.45) is -5.37. The van der Waals surface area contributed by atoms with Crippen LogP contribution < -0.4 is 11.1 Å². The van der Waals surface area contributed by atoms with Crippen LogP contribution in [0.5, 0.6) is 0 Å². The molecule has 0 saturated carbocycles. The maximum absolute atomic E-state index is 11.8. The standard InChI is InChI=1S/C10H10ClF3N2O/c11-7-3-6(4-8(15)5-7)9(17)16-2-1-10(12,13)14/h3-5H,1-2,15H2,(H,16,17). The molecule has 0 saturated heterocycles. The predicted octanol–water partition coefficient (Wildman–Crippen LogP) is 2.60. The van der Waals surface area contributed by atoms with Crippen molar-refractivity contribution in [2.45, 2.75) is 12.6 Å². The number of carbonyl (C=O) groups excluding carboxylic acids is 1. The van der Waals surface area contributed by atoms with Crippen molar-refractivity contribution < 1.29 is 18.0 Å². The Labute approximate surface area is 101 Å². The molecule has 3 nitrogen and oxygen atoms in total. The maximum Gasteiger partial charge on any atom is 0.390 e. The predicted molar refractivity (Wildman–Crippen MR) is 58.9 cm³/mol. The Hall–Kier alpha value is -1.43. The van der Waals surface area contributed by atoms with Gasteiger partial charge in [-0.25, -0.2) is 0 Å². The Bertz CT molecular complexity index is 400.